The van der Waals surface area contributed by atoms with E-state index in [9.17, 15) is 0 Å². The molecule has 0 aliphatic heterocycles. The second-order valence-electron chi connectivity index (χ2n) is 37.2. The van der Waals surface area contributed by atoms with Crippen LogP contribution in [-0.4, -0.2) is 44.9 Å². The molecule has 0 atom stereocenters. The molecule has 20 aromatic carbocycles. The summed E-state index contributed by atoms with van der Waals surface area (Å²) in [5.41, 5.74) is 43.8. The van der Waals surface area contributed by atoms with Gasteiger partial charge in [-0.25, -0.2) is 29.9 Å². The maximum Gasteiger partial charge on any atom is 0.160 e. The van der Waals surface area contributed by atoms with Crippen molar-refractivity contribution in [3.8, 4) is 224 Å². The van der Waals surface area contributed by atoms with Gasteiger partial charge in [-0.2, -0.15) is 0 Å². The van der Waals surface area contributed by atoms with Gasteiger partial charge in [0.15, 0.2) is 17.5 Å². The Morgan fingerprint density at radius 1 is 0.113 bits per heavy atom. The normalized spacial score (nSPS) is 11.1. The molecular weight excluding hydrogens is 1820 g/mol. The van der Waals surface area contributed by atoms with Crippen LogP contribution in [0.5, 0.6) is 0 Å². The van der Waals surface area contributed by atoms with Gasteiger partial charge in [0.1, 0.15) is 0 Å². The minimum absolute atomic E-state index is 0.682. The van der Waals surface area contributed by atoms with Crippen LogP contribution in [0, 0.1) is 0 Å². The van der Waals surface area contributed by atoms with E-state index in [1.807, 2.05) is 104 Å². The fourth-order valence-electron chi connectivity index (χ4n) is 19.8. The highest BCUT2D eigenvalue weighted by molar-refractivity contribution is 5.98. The summed E-state index contributed by atoms with van der Waals surface area (Å²) in [7, 11) is 0. The van der Waals surface area contributed by atoms with Gasteiger partial charge in [-0.15, -0.1) is 0 Å². The Balaban J connectivity index is 0.000000120. The van der Waals surface area contributed by atoms with Gasteiger partial charge in [-0.3, -0.25) is 15.0 Å². The van der Waals surface area contributed by atoms with Crippen molar-refractivity contribution in [1.82, 2.24) is 44.9 Å². The van der Waals surface area contributed by atoms with Crippen molar-refractivity contribution in [3.63, 3.8) is 0 Å². The molecule has 0 saturated heterocycles. The highest BCUT2D eigenvalue weighted by Crippen LogP contribution is 2.44. The molecule has 9 nitrogen and oxygen atoms in total. The quantitative estimate of drug-likeness (QED) is 0.0735. The van der Waals surface area contributed by atoms with Gasteiger partial charge in [-0.1, -0.05) is 400 Å². The summed E-state index contributed by atoms with van der Waals surface area (Å²) in [4.78, 5) is 43.7. The first-order chi connectivity index (χ1) is 74.3. The monoisotopic (exact) mass is 1910 g/mol. The predicted molar refractivity (Wildman–Crippen MR) is 621 cm³/mol. The Morgan fingerprint density at radius 3 is 0.580 bits per heavy atom. The predicted octanol–water partition coefficient (Wildman–Crippen LogP) is 36.4. The smallest absolute Gasteiger partial charge is 0.160 e. The molecule has 0 spiro atoms. The largest absolute Gasteiger partial charge is 0.265 e. The fraction of sp³-hybridized carbons (Fsp3) is 0. The highest BCUT2D eigenvalue weighted by Gasteiger charge is 2.21. The molecule has 9 heteroatoms. The van der Waals surface area contributed by atoms with Crippen LogP contribution < -0.4 is 0 Å². The van der Waals surface area contributed by atoms with Crippen LogP contribution in [0.15, 0.2) is 577 Å². The number of nitrogens with zero attached hydrogens (tertiary/aromatic N) is 9. The van der Waals surface area contributed by atoms with Crippen molar-refractivity contribution in [2.75, 3.05) is 0 Å². The van der Waals surface area contributed by atoms with Crippen molar-refractivity contribution in [2.24, 2.45) is 0 Å². The van der Waals surface area contributed by atoms with Crippen molar-refractivity contribution >= 4 is 32.7 Å². The summed E-state index contributed by atoms with van der Waals surface area (Å²) in [6.07, 6.45) is 9.17. The molecule has 0 N–H and O–H groups in total. The first-order valence-electron chi connectivity index (χ1n) is 50.4. The number of fused-ring (bicyclic) bond motifs is 3. The lowest BCUT2D eigenvalue weighted by atomic mass is 9.92. The van der Waals surface area contributed by atoms with E-state index in [1.54, 1.807) is 12.4 Å². The minimum atomic E-state index is 0.682. The number of hydrogen-bond donors (Lipinski definition) is 0. The van der Waals surface area contributed by atoms with Crippen molar-refractivity contribution in [3.05, 3.63) is 577 Å². The molecule has 0 amide bonds. The summed E-state index contributed by atoms with van der Waals surface area (Å²) in [5.74, 6) is 2.08. The van der Waals surface area contributed by atoms with Crippen molar-refractivity contribution in [1.29, 1.82) is 0 Å². The lowest BCUT2D eigenvalue weighted by Crippen LogP contribution is -1.96. The lowest BCUT2D eigenvalue weighted by molar-refractivity contribution is 1.22. The van der Waals surface area contributed by atoms with Crippen LogP contribution in [0.1, 0.15) is 0 Å². The van der Waals surface area contributed by atoms with Crippen molar-refractivity contribution in [2.45, 2.75) is 0 Å². The molecule has 704 valence electrons. The van der Waals surface area contributed by atoms with Crippen LogP contribution >= 0.6 is 0 Å². The summed E-state index contributed by atoms with van der Waals surface area (Å²) in [5, 5.41) is 3.05. The number of benzene rings is 20. The molecule has 26 aromatic rings. The maximum atomic E-state index is 5.20. The average molecular weight is 1920 g/mol. The number of pyridine rings is 3. The summed E-state index contributed by atoms with van der Waals surface area (Å²) in [6.45, 7) is 0. The highest BCUT2D eigenvalue weighted by atomic mass is 14.9. The zero-order chi connectivity index (χ0) is 100. The first kappa shape index (κ1) is 92.3. The van der Waals surface area contributed by atoms with E-state index in [4.69, 9.17) is 34.9 Å². The number of hydrogen-bond acceptors (Lipinski definition) is 9. The average Bonchev–Trinajstić information content (AvgIpc) is 0.780. The molecule has 6 heterocycles. The molecule has 0 saturated carbocycles. The van der Waals surface area contributed by atoms with Crippen LogP contribution in [0.3, 0.4) is 0 Å². The molecule has 0 fully saturated rings. The Bertz CT molecular complexity index is 8760. The Labute approximate surface area is 872 Å². The van der Waals surface area contributed by atoms with Gasteiger partial charge >= 0.3 is 0 Å². The van der Waals surface area contributed by atoms with E-state index >= 15 is 0 Å². The standard InChI is InChI=1S/2C49H33N3.C43H29N3/c1-4-14-34(15-5-1)42-30-43(35-16-6-2-7-17-35)32-44(31-42)39-22-12-20-37(28-39)38-21-13-23-40(29-38)49-51-47-25-11-10-24-45(47)48(52-49)41-26-27-46(50-33-41)36-18-8-3-9-19-36;1-3-11-34(12-4-1)43-31-44(35-13-5-2-6-14-35)33-45(32-43)41-17-9-15-39(29-41)40-16-10-18-42(30-40)49-51-47-20-8-7-19-46(47)48(52-49)38-23-21-36(22-24-38)37-25-27-50-28-26-37;1-3-11-30(12-4-1)37-27-38(31-13-5-2-6-14-31)29-39(28-37)35-17-9-15-33(25-35)34-16-10-18-36(26-34)43-45-41-20-8-7-19-40(41)42(46-43)32-21-23-44-24-22-32/h2*1-33H;1-29H. The van der Waals surface area contributed by atoms with Crippen LogP contribution in [-0.2, 0) is 0 Å². The third-order valence-corrected chi connectivity index (χ3v) is 27.4. The molecule has 150 heavy (non-hydrogen) atoms. The van der Waals surface area contributed by atoms with E-state index in [1.165, 1.54) is 89.0 Å². The van der Waals surface area contributed by atoms with Crippen LogP contribution in [0.25, 0.3) is 257 Å². The Morgan fingerprint density at radius 2 is 0.300 bits per heavy atom. The van der Waals surface area contributed by atoms with Crippen LogP contribution in [0.4, 0.5) is 0 Å². The Kier molecular flexibility index (Phi) is 26.3. The zero-order valence-corrected chi connectivity index (χ0v) is 81.9. The Hall–Kier alpha value is -20.1. The maximum absolute atomic E-state index is 5.20. The summed E-state index contributed by atoms with van der Waals surface area (Å²) >= 11 is 0. The SMILES string of the molecule is c1ccc(-c2cc(-c3ccccc3)cc(-c3cccc(-c4cccc(-c5nc(-c6ccc(-c7ccccc7)nc6)c6ccccc6n5)c4)c3)c2)cc1.c1ccc(-c2cc(-c3ccccc3)cc(-c3cccc(-c4cccc(-c5nc(-c6ccc(-c7ccncc7)cc6)c6ccccc6n5)c4)c3)c2)cc1.c1ccc(-c2cc(-c3ccccc3)cc(-c3cccc(-c4cccc(-c5nc(-c6ccncc6)c6ccccc6n5)c4)c3)c2)cc1. The summed E-state index contributed by atoms with van der Waals surface area (Å²) in [6, 6.07) is 192. The second kappa shape index (κ2) is 42.8. The molecule has 0 bridgehead atoms. The van der Waals surface area contributed by atoms with Gasteiger partial charge in [0.2, 0.25) is 0 Å². The third-order valence-electron chi connectivity index (χ3n) is 27.4. The fourth-order valence-corrected chi connectivity index (χ4v) is 19.8. The molecule has 0 unspecified atom stereocenters. The van der Waals surface area contributed by atoms with E-state index < -0.39 is 0 Å². The second-order valence-corrected chi connectivity index (χ2v) is 37.2. The molecule has 26 rings (SSSR count). The van der Waals surface area contributed by atoms with Gasteiger partial charge in [0, 0.05) is 86.1 Å². The van der Waals surface area contributed by atoms with E-state index in [0.29, 0.717) is 17.5 Å². The number of aromatic nitrogens is 9. The number of para-hydroxylation sites is 3. The van der Waals surface area contributed by atoms with Gasteiger partial charge in [0.25, 0.3) is 0 Å². The third kappa shape index (κ3) is 20.5. The molecule has 0 aliphatic carbocycles. The van der Waals surface area contributed by atoms with Crippen LogP contribution in [0.2, 0.25) is 0 Å². The minimum Gasteiger partial charge on any atom is -0.265 e. The first-order valence-corrected chi connectivity index (χ1v) is 50.4. The molecule has 6 aromatic heterocycles. The molecular formula is C141H95N9. The van der Waals surface area contributed by atoms with E-state index in [0.717, 1.165) is 150 Å². The number of rotatable bonds is 20. The lowest BCUT2D eigenvalue weighted by Gasteiger charge is -2.13. The zero-order valence-electron chi connectivity index (χ0n) is 81.9. The molecule has 0 aliphatic rings. The van der Waals surface area contributed by atoms with Gasteiger partial charge in [0.05, 0.1) is 39.3 Å². The topological polar surface area (TPSA) is 116 Å². The van der Waals surface area contributed by atoms with Crippen molar-refractivity contribution < 1.29 is 0 Å². The summed E-state index contributed by atoms with van der Waals surface area (Å²) < 4.78 is 0. The van der Waals surface area contributed by atoms with E-state index in [2.05, 4.69) is 471 Å². The van der Waals surface area contributed by atoms with Gasteiger partial charge in [-0.05, 0) is 290 Å². The van der Waals surface area contributed by atoms with E-state index in [-0.39, 0.29) is 0 Å². The molecule has 0 radical (unpaired) electrons. The van der Waals surface area contributed by atoms with Gasteiger partial charge < -0.3 is 0 Å².